The molecule has 0 spiro atoms. The molecule has 0 amide bonds. The van der Waals surface area contributed by atoms with E-state index >= 15 is 0 Å². The van der Waals surface area contributed by atoms with Crippen LogP contribution in [-0.4, -0.2) is 44.7 Å². The van der Waals surface area contributed by atoms with Crippen LogP contribution in [0.4, 0.5) is 5.82 Å². The van der Waals surface area contributed by atoms with E-state index in [1.807, 2.05) is 24.5 Å². The van der Waals surface area contributed by atoms with E-state index in [9.17, 15) is 5.11 Å². The fraction of sp³-hybridized carbons (Fsp3) is 0.267. The van der Waals surface area contributed by atoms with Crippen LogP contribution in [-0.2, 0) is 6.54 Å². The monoisotopic (exact) mass is 315 g/mol. The number of anilines is 1. The fourth-order valence-electron chi connectivity index (χ4n) is 2.39. The van der Waals surface area contributed by atoms with Crippen molar-refractivity contribution in [2.24, 2.45) is 0 Å². The molecule has 114 valence electrons. The van der Waals surface area contributed by atoms with Crippen molar-refractivity contribution < 1.29 is 5.11 Å². The molecule has 3 aromatic rings. The van der Waals surface area contributed by atoms with E-state index in [4.69, 9.17) is 0 Å². The summed E-state index contributed by atoms with van der Waals surface area (Å²) in [6, 6.07) is 10.1. The number of benzene rings is 1. The normalized spacial score (nSPS) is 11.0. The predicted octanol–water partition coefficient (Wildman–Crippen LogP) is 2.07. The van der Waals surface area contributed by atoms with Crippen LogP contribution in [0.5, 0.6) is 0 Å². The maximum atomic E-state index is 9.41. The number of hydrogen-bond donors (Lipinski definition) is 2. The van der Waals surface area contributed by atoms with E-state index in [1.54, 1.807) is 11.8 Å². The summed E-state index contributed by atoms with van der Waals surface area (Å²) < 4.78 is 0. The molecule has 2 N–H and O–H groups in total. The quantitative estimate of drug-likeness (QED) is 0.678. The van der Waals surface area contributed by atoms with Gasteiger partial charge in [0.2, 0.25) is 0 Å². The molecular weight excluding hydrogens is 298 g/mol. The summed E-state index contributed by atoms with van der Waals surface area (Å²) in [6.45, 7) is 1.23. The molecule has 2 aromatic heterocycles. The van der Waals surface area contributed by atoms with E-state index in [2.05, 4.69) is 37.2 Å². The summed E-state index contributed by atoms with van der Waals surface area (Å²) in [7, 11) is 0. The highest BCUT2D eigenvalue weighted by molar-refractivity contribution is 7.98. The van der Waals surface area contributed by atoms with E-state index in [1.165, 1.54) is 6.33 Å². The first-order valence-corrected chi connectivity index (χ1v) is 8.18. The van der Waals surface area contributed by atoms with Crippen LogP contribution in [0.25, 0.3) is 11.0 Å². The molecule has 6 nitrogen and oxygen atoms in total. The lowest BCUT2D eigenvalue weighted by molar-refractivity contribution is 0.301. The minimum atomic E-state index is 0.0603. The molecule has 0 aliphatic carbocycles. The van der Waals surface area contributed by atoms with Crippen molar-refractivity contribution in [2.45, 2.75) is 11.6 Å². The molecule has 7 heteroatoms. The highest BCUT2D eigenvalue weighted by Gasteiger charge is 2.17. The van der Waals surface area contributed by atoms with Crippen LogP contribution in [0.1, 0.15) is 5.56 Å². The Labute approximate surface area is 132 Å². The number of aromatic nitrogens is 4. The number of aliphatic hydroxyl groups is 1. The maximum absolute atomic E-state index is 9.41. The van der Waals surface area contributed by atoms with Crippen LogP contribution in [0.15, 0.2) is 41.7 Å². The van der Waals surface area contributed by atoms with Crippen molar-refractivity contribution in [3.63, 3.8) is 0 Å². The Hall–Kier alpha value is -2.12. The third-order valence-electron chi connectivity index (χ3n) is 3.38. The Morgan fingerprint density at radius 2 is 2.05 bits per heavy atom. The van der Waals surface area contributed by atoms with Crippen LogP contribution in [0, 0.1) is 0 Å². The van der Waals surface area contributed by atoms with Gasteiger partial charge in [-0.15, -0.1) is 11.8 Å². The molecule has 0 aliphatic rings. The number of aliphatic hydroxyl groups excluding tert-OH is 1. The zero-order chi connectivity index (χ0) is 15.4. The molecule has 0 radical (unpaired) electrons. The Balaban J connectivity index is 2.02. The van der Waals surface area contributed by atoms with Crippen molar-refractivity contribution in [1.82, 2.24) is 20.2 Å². The maximum Gasteiger partial charge on any atom is 0.161 e. The summed E-state index contributed by atoms with van der Waals surface area (Å²) in [6.07, 6.45) is 3.50. The van der Waals surface area contributed by atoms with Gasteiger partial charge in [-0.05, 0) is 11.8 Å². The summed E-state index contributed by atoms with van der Waals surface area (Å²) >= 11 is 1.55. The average Bonchev–Trinajstić information content (AvgIpc) is 2.98. The van der Waals surface area contributed by atoms with Gasteiger partial charge in [0.05, 0.1) is 12.0 Å². The Bertz CT molecular complexity index is 746. The minimum Gasteiger partial charge on any atom is -0.395 e. The third kappa shape index (κ3) is 2.90. The molecule has 0 atom stereocenters. The van der Waals surface area contributed by atoms with Gasteiger partial charge in [-0.25, -0.2) is 9.97 Å². The van der Waals surface area contributed by atoms with Crippen molar-refractivity contribution in [1.29, 1.82) is 0 Å². The molecule has 3 rings (SSSR count). The van der Waals surface area contributed by atoms with Gasteiger partial charge in [-0.1, -0.05) is 30.3 Å². The van der Waals surface area contributed by atoms with E-state index in [0.717, 1.165) is 21.8 Å². The van der Waals surface area contributed by atoms with Gasteiger partial charge in [0.15, 0.2) is 5.65 Å². The van der Waals surface area contributed by atoms with Gasteiger partial charge in [0.25, 0.3) is 0 Å². The molecule has 2 heterocycles. The van der Waals surface area contributed by atoms with E-state index in [0.29, 0.717) is 18.7 Å². The van der Waals surface area contributed by atoms with Crippen LogP contribution < -0.4 is 4.90 Å². The SMILES string of the molecule is CSc1n[nH]c2ncnc(N(CCO)Cc3ccccc3)c12. The standard InChI is InChI=1S/C15H17N5OS/c1-22-15-12-13(18-19-15)16-10-17-14(12)20(7-8-21)9-11-5-3-2-4-6-11/h2-6,10,21H,7-9H2,1H3,(H,16,17,18,19). The van der Waals surface area contributed by atoms with Crippen molar-refractivity contribution >= 4 is 28.6 Å². The number of thioether (sulfide) groups is 1. The van der Waals surface area contributed by atoms with Crippen LogP contribution in [0.2, 0.25) is 0 Å². The number of nitrogens with zero attached hydrogens (tertiary/aromatic N) is 4. The second kappa shape index (κ2) is 6.76. The molecule has 0 bridgehead atoms. The fourth-order valence-corrected chi connectivity index (χ4v) is 2.92. The number of nitrogens with one attached hydrogen (secondary N) is 1. The highest BCUT2D eigenvalue weighted by Crippen LogP contribution is 2.30. The number of fused-ring (bicyclic) bond motifs is 1. The average molecular weight is 315 g/mol. The third-order valence-corrected chi connectivity index (χ3v) is 4.07. The first-order chi connectivity index (χ1) is 10.8. The molecular formula is C15H17N5OS. The van der Waals surface area contributed by atoms with Gasteiger partial charge >= 0.3 is 0 Å². The van der Waals surface area contributed by atoms with E-state index in [-0.39, 0.29) is 6.61 Å². The smallest absolute Gasteiger partial charge is 0.161 e. The lowest BCUT2D eigenvalue weighted by atomic mass is 10.2. The summed E-state index contributed by atoms with van der Waals surface area (Å²) in [4.78, 5) is 10.7. The Morgan fingerprint density at radius 3 is 2.77 bits per heavy atom. The molecule has 22 heavy (non-hydrogen) atoms. The minimum absolute atomic E-state index is 0.0603. The molecule has 0 fully saturated rings. The molecule has 0 saturated carbocycles. The molecule has 0 unspecified atom stereocenters. The Kier molecular flexibility index (Phi) is 4.55. The molecule has 1 aromatic carbocycles. The van der Waals surface area contributed by atoms with E-state index < -0.39 is 0 Å². The topological polar surface area (TPSA) is 77.9 Å². The van der Waals surface area contributed by atoms with Crippen molar-refractivity contribution in [3.05, 3.63) is 42.2 Å². The Morgan fingerprint density at radius 1 is 1.23 bits per heavy atom. The number of H-pyrrole nitrogens is 1. The van der Waals surface area contributed by atoms with Gasteiger partial charge < -0.3 is 10.0 Å². The lowest BCUT2D eigenvalue weighted by Gasteiger charge is -2.23. The first-order valence-electron chi connectivity index (χ1n) is 6.96. The van der Waals surface area contributed by atoms with Gasteiger partial charge in [-0.3, -0.25) is 5.10 Å². The predicted molar refractivity (Wildman–Crippen MR) is 88.0 cm³/mol. The molecule has 0 saturated heterocycles. The van der Waals surface area contributed by atoms with Crippen molar-refractivity contribution in [2.75, 3.05) is 24.3 Å². The second-order valence-electron chi connectivity index (χ2n) is 4.78. The van der Waals surface area contributed by atoms with Crippen molar-refractivity contribution in [3.8, 4) is 0 Å². The number of rotatable bonds is 6. The van der Waals surface area contributed by atoms with Crippen LogP contribution >= 0.6 is 11.8 Å². The summed E-state index contributed by atoms with van der Waals surface area (Å²) in [5.41, 5.74) is 1.88. The van der Waals surface area contributed by atoms with Gasteiger partial charge in [-0.2, -0.15) is 5.10 Å². The van der Waals surface area contributed by atoms with Gasteiger partial charge in [0.1, 0.15) is 17.2 Å². The number of aromatic amines is 1. The highest BCUT2D eigenvalue weighted by atomic mass is 32.2. The van der Waals surface area contributed by atoms with Gasteiger partial charge in [0, 0.05) is 13.1 Å². The second-order valence-corrected chi connectivity index (χ2v) is 5.58. The lowest BCUT2D eigenvalue weighted by Crippen LogP contribution is -2.27. The van der Waals surface area contributed by atoms with Crippen LogP contribution in [0.3, 0.4) is 0 Å². The zero-order valence-electron chi connectivity index (χ0n) is 12.2. The molecule has 0 aliphatic heterocycles. The summed E-state index contributed by atoms with van der Waals surface area (Å²) in [5.74, 6) is 0.793. The largest absolute Gasteiger partial charge is 0.395 e. The number of hydrogen-bond acceptors (Lipinski definition) is 6. The summed E-state index contributed by atoms with van der Waals surface area (Å²) in [5, 5.41) is 18.4. The zero-order valence-corrected chi connectivity index (χ0v) is 13.0. The first kappa shape index (κ1) is 14.8.